The third-order valence-electron chi connectivity index (χ3n) is 2.09. The largest absolute Gasteiger partial charge is 0.334 e. The monoisotopic (exact) mass is 156 g/mol. The van der Waals surface area contributed by atoms with Crippen molar-refractivity contribution in [3.63, 3.8) is 0 Å². The van der Waals surface area contributed by atoms with Crippen LogP contribution in [-0.2, 0) is 4.79 Å². The van der Waals surface area contributed by atoms with E-state index < -0.39 is 0 Å². The summed E-state index contributed by atoms with van der Waals surface area (Å²) in [7, 11) is 0. The van der Waals surface area contributed by atoms with Crippen LogP contribution in [0.25, 0.3) is 0 Å². The van der Waals surface area contributed by atoms with Gasteiger partial charge in [-0.2, -0.15) is 0 Å². The minimum Gasteiger partial charge on any atom is -0.334 e. The first-order valence-corrected chi connectivity index (χ1v) is 4.18. The minimum absolute atomic E-state index is 0.230. The average Bonchev–Trinajstić information content (AvgIpc) is 2.00. The molecule has 0 saturated carbocycles. The van der Waals surface area contributed by atoms with Crippen molar-refractivity contribution in [1.29, 1.82) is 0 Å². The lowest BCUT2D eigenvalue weighted by molar-refractivity contribution is 0.243. The number of amides is 1. The fourth-order valence-electron chi connectivity index (χ4n) is 0.837. The van der Waals surface area contributed by atoms with E-state index in [0.717, 1.165) is 19.5 Å². The first-order chi connectivity index (χ1) is 5.05. The zero-order valence-electron chi connectivity index (χ0n) is 7.98. The fraction of sp³-hybridized carbons (Fsp3) is 0.889. The molecular weight excluding hydrogens is 138 g/mol. The van der Waals surface area contributed by atoms with E-state index in [-0.39, 0.29) is 5.41 Å². The Balaban J connectivity index is 3.88. The molecular formula is C9H18NO. The zero-order valence-corrected chi connectivity index (χ0v) is 7.98. The van der Waals surface area contributed by atoms with Crippen LogP contribution >= 0.6 is 0 Å². The molecule has 0 aromatic carbocycles. The second kappa shape index (κ2) is 4.37. The van der Waals surface area contributed by atoms with Gasteiger partial charge >= 0.3 is 6.41 Å². The van der Waals surface area contributed by atoms with Crippen LogP contribution in [0.3, 0.4) is 0 Å². The first-order valence-electron chi connectivity index (χ1n) is 4.18. The molecule has 0 aliphatic carbocycles. The van der Waals surface area contributed by atoms with Gasteiger partial charge in [0.05, 0.1) is 0 Å². The molecule has 2 heteroatoms. The number of carbonyl (C=O) groups excluding carboxylic acids is 1. The smallest absolute Gasteiger partial charge is 0.312 e. The lowest BCUT2D eigenvalue weighted by Crippen LogP contribution is -2.32. The Bertz CT molecular complexity index is 121. The van der Waals surface area contributed by atoms with Crippen molar-refractivity contribution in [3.8, 4) is 0 Å². The Morgan fingerprint density at radius 1 is 1.36 bits per heavy atom. The number of hydrogen-bond donors (Lipinski definition) is 0. The van der Waals surface area contributed by atoms with E-state index >= 15 is 0 Å². The zero-order chi connectivity index (χ0) is 8.91. The summed E-state index contributed by atoms with van der Waals surface area (Å²) in [6.45, 7) is 9.99. The van der Waals surface area contributed by atoms with Crippen LogP contribution in [0.2, 0.25) is 0 Å². The van der Waals surface area contributed by atoms with Crippen molar-refractivity contribution in [2.75, 3.05) is 13.1 Å². The molecule has 0 aliphatic heterocycles. The van der Waals surface area contributed by atoms with Crippen LogP contribution < -0.4 is 0 Å². The maximum atomic E-state index is 10.3. The van der Waals surface area contributed by atoms with Crippen molar-refractivity contribution < 1.29 is 4.79 Å². The van der Waals surface area contributed by atoms with Crippen LogP contribution in [0.4, 0.5) is 0 Å². The summed E-state index contributed by atoms with van der Waals surface area (Å²) >= 11 is 0. The SMILES string of the molecule is CCN([C]=O)CC(C)(C)CC. The topological polar surface area (TPSA) is 20.3 Å². The Kier molecular flexibility index (Phi) is 4.16. The van der Waals surface area contributed by atoms with E-state index in [1.54, 1.807) is 4.90 Å². The van der Waals surface area contributed by atoms with Gasteiger partial charge in [-0.15, -0.1) is 0 Å². The molecule has 0 atom stereocenters. The third-order valence-corrected chi connectivity index (χ3v) is 2.09. The van der Waals surface area contributed by atoms with E-state index in [1.165, 1.54) is 0 Å². The van der Waals surface area contributed by atoms with Crippen LogP contribution in [0.1, 0.15) is 34.1 Å². The molecule has 11 heavy (non-hydrogen) atoms. The Morgan fingerprint density at radius 2 is 1.91 bits per heavy atom. The van der Waals surface area contributed by atoms with Gasteiger partial charge < -0.3 is 4.90 Å². The van der Waals surface area contributed by atoms with Crippen LogP contribution in [-0.4, -0.2) is 24.4 Å². The van der Waals surface area contributed by atoms with Crippen molar-refractivity contribution in [1.82, 2.24) is 4.90 Å². The van der Waals surface area contributed by atoms with Gasteiger partial charge in [-0.05, 0) is 18.8 Å². The molecule has 0 fully saturated rings. The lowest BCUT2D eigenvalue weighted by Gasteiger charge is -2.27. The maximum absolute atomic E-state index is 10.3. The molecule has 0 spiro atoms. The number of rotatable bonds is 5. The summed E-state index contributed by atoms with van der Waals surface area (Å²) in [6, 6.07) is 0. The second-order valence-corrected chi connectivity index (χ2v) is 3.62. The maximum Gasteiger partial charge on any atom is 0.312 e. The molecule has 0 bridgehead atoms. The molecule has 1 radical (unpaired) electrons. The summed E-state index contributed by atoms with van der Waals surface area (Å²) in [5.74, 6) is 0. The second-order valence-electron chi connectivity index (χ2n) is 3.62. The molecule has 0 unspecified atom stereocenters. The highest BCUT2D eigenvalue weighted by Gasteiger charge is 2.17. The standard InChI is InChI=1S/C9H18NO/c1-5-9(3,4)7-10(6-2)8-11/h5-7H2,1-4H3. The number of nitrogens with zero attached hydrogens (tertiary/aromatic N) is 1. The molecule has 65 valence electrons. The molecule has 0 heterocycles. The van der Waals surface area contributed by atoms with Gasteiger partial charge in [0.2, 0.25) is 0 Å². The van der Waals surface area contributed by atoms with Gasteiger partial charge in [-0.25, -0.2) is 0 Å². The van der Waals surface area contributed by atoms with E-state index in [4.69, 9.17) is 0 Å². The van der Waals surface area contributed by atoms with Crippen LogP contribution in [0, 0.1) is 5.41 Å². The third kappa shape index (κ3) is 4.02. The molecule has 2 nitrogen and oxygen atoms in total. The predicted octanol–water partition coefficient (Wildman–Crippen LogP) is 1.81. The van der Waals surface area contributed by atoms with E-state index in [1.807, 2.05) is 13.3 Å². The number of hydrogen-bond acceptors (Lipinski definition) is 1. The van der Waals surface area contributed by atoms with Gasteiger partial charge in [0.1, 0.15) is 0 Å². The summed E-state index contributed by atoms with van der Waals surface area (Å²) in [6.07, 6.45) is 3.01. The molecule has 0 saturated heterocycles. The highest BCUT2D eigenvalue weighted by molar-refractivity contribution is 5.47. The minimum atomic E-state index is 0.230. The first kappa shape index (κ1) is 10.5. The Hall–Kier alpha value is -0.530. The Morgan fingerprint density at radius 3 is 2.18 bits per heavy atom. The quantitative estimate of drug-likeness (QED) is 0.556. The highest BCUT2D eigenvalue weighted by atomic mass is 16.1. The lowest BCUT2D eigenvalue weighted by atomic mass is 9.90. The van der Waals surface area contributed by atoms with Gasteiger partial charge in [0.25, 0.3) is 0 Å². The molecule has 0 rings (SSSR count). The summed E-state index contributed by atoms with van der Waals surface area (Å²) < 4.78 is 0. The average molecular weight is 156 g/mol. The predicted molar refractivity (Wildman–Crippen MR) is 47.0 cm³/mol. The van der Waals surface area contributed by atoms with Gasteiger partial charge in [-0.1, -0.05) is 20.8 Å². The fourth-order valence-corrected chi connectivity index (χ4v) is 0.837. The normalized spacial score (nSPS) is 11.3. The summed E-state index contributed by atoms with van der Waals surface area (Å²) in [5, 5.41) is 0. The summed E-state index contributed by atoms with van der Waals surface area (Å²) in [5.41, 5.74) is 0.230. The molecule has 1 amide bonds. The van der Waals surface area contributed by atoms with E-state index in [0.29, 0.717) is 0 Å². The summed E-state index contributed by atoms with van der Waals surface area (Å²) in [4.78, 5) is 12.0. The van der Waals surface area contributed by atoms with Crippen LogP contribution in [0.15, 0.2) is 0 Å². The van der Waals surface area contributed by atoms with Crippen molar-refractivity contribution in [2.24, 2.45) is 5.41 Å². The Labute approximate surface area is 69.6 Å². The van der Waals surface area contributed by atoms with Crippen molar-refractivity contribution >= 4 is 6.41 Å². The highest BCUT2D eigenvalue weighted by Crippen LogP contribution is 2.20. The molecule has 0 aliphatic rings. The van der Waals surface area contributed by atoms with Gasteiger partial charge in [0, 0.05) is 13.1 Å². The van der Waals surface area contributed by atoms with E-state index in [9.17, 15) is 4.79 Å². The molecule has 0 aromatic rings. The van der Waals surface area contributed by atoms with E-state index in [2.05, 4.69) is 20.8 Å². The van der Waals surface area contributed by atoms with Gasteiger partial charge in [-0.3, -0.25) is 4.79 Å². The van der Waals surface area contributed by atoms with Crippen molar-refractivity contribution in [3.05, 3.63) is 0 Å². The molecule has 0 N–H and O–H groups in total. The van der Waals surface area contributed by atoms with Gasteiger partial charge in [0.15, 0.2) is 0 Å². The molecule has 0 aromatic heterocycles. The van der Waals surface area contributed by atoms with Crippen molar-refractivity contribution in [2.45, 2.75) is 34.1 Å². The van der Waals surface area contributed by atoms with Crippen LogP contribution in [0.5, 0.6) is 0 Å².